The first-order valence-corrected chi connectivity index (χ1v) is 13.1. The van der Waals surface area contributed by atoms with Crippen LogP contribution in [0.5, 0.6) is 0 Å². The third-order valence-corrected chi connectivity index (χ3v) is 7.05. The Kier molecular flexibility index (Phi) is 7.24. The van der Waals surface area contributed by atoms with Crippen molar-refractivity contribution in [2.24, 2.45) is 11.3 Å². The van der Waals surface area contributed by atoms with Crippen molar-refractivity contribution >= 4 is 5.91 Å². The molecule has 0 bridgehead atoms. The van der Waals surface area contributed by atoms with E-state index in [1.165, 1.54) is 5.56 Å². The zero-order chi connectivity index (χ0) is 25.8. The SMILES string of the molecule is CC(C)(C)C(c1nc(-c2ccccc2)cn1Cc1ccccc1)N(CC1CNC1)C(=O)c1ccccc1. The molecule has 1 atom stereocenters. The zero-order valence-corrected chi connectivity index (χ0v) is 22.0. The van der Waals surface area contributed by atoms with Crippen LogP contribution in [0.1, 0.15) is 48.6 Å². The van der Waals surface area contributed by atoms with Gasteiger partial charge in [-0.05, 0) is 23.1 Å². The molecule has 1 aliphatic rings. The Labute approximate surface area is 220 Å². The van der Waals surface area contributed by atoms with Crippen LogP contribution in [-0.4, -0.2) is 40.0 Å². The van der Waals surface area contributed by atoms with Crippen molar-refractivity contribution in [1.29, 1.82) is 0 Å². The zero-order valence-electron chi connectivity index (χ0n) is 22.0. The Balaban J connectivity index is 1.63. The Morgan fingerprint density at radius 1 is 0.946 bits per heavy atom. The Hall–Kier alpha value is -3.70. The van der Waals surface area contributed by atoms with E-state index >= 15 is 0 Å². The molecule has 1 N–H and O–H groups in total. The van der Waals surface area contributed by atoms with Crippen LogP contribution in [-0.2, 0) is 6.54 Å². The lowest BCUT2D eigenvalue weighted by Crippen LogP contribution is -2.52. The number of hydrogen-bond acceptors (Lipinski definition) is 3. The molecular weight excluding hydrogens is 456 g/mol. The molecule has 37 heavy (non-hydrogen) atoms. The van der Waals surface area contributed by atoms with Gasteiger partial charge in [-0.2, -0.15) is 0 Å². The normalized spacial score (nSPS) is 14.7. The maximum absolute atomic E-state index is 14.1. The summed E-state index contributed by atoms with van der Waals surface area (Å²) >= 11 is 0. The van der Waals surface area contributed by atoms with Crippen LogP contribution in [0.4, 0.5) is 0 Å². The second-order valence-corrected chi connectivity index (χ2v) is 11.1. The molecule has 0 saturated carbocycles. The maximum Gasteiger partial charge on any atom is 0.254 e. The fraction of sp³-hybridized carbons (Fsp3) is 0.312. The summed E-state index contributed by atoms with van der Waals surface area (Å²) in [6.45, 7) is 9.90. The molecule has 4 aromatic rings. The fourth-order valence-electron chi connectivity index (χ4n) is 5.11. The molecule has 1 saturated heterocycles. The monoisotopic (exact) mass is 492 g/mol. The Morgan fingerprint density at radius 2 is 1.54 bits per heavy atom. The van der Waals surface area contributed by atoms with Gasteiger partial charge in [0, 0.05) is 49.4 Å². The van der Waals surface area contributed by atoms with E-state index in [1.807, 2.05) is 54.6 Å². The lowest BCUT2D eigenvalue weighted by Gasteiger charge is -2.43. The number of aromatic nitrogens is 2. The van der Waals surface area contributed by atoms with Crippen molar-refractivity contribution in [3.63, 3.8) is 0 Å². The molecule has 1 aliphatic heterocycles. The summed E-state index contributed by atoms with van der Waals surface area (Å²) in [7, 11) is 0. The van der Waals surface area contributed by atoms with Gasteiger partial charge in [0.2, 0.25) is 0 Å². The minimum atomic E-state index is -0.241. The third-order valence-electron chi connectivity index (χ3n) is 7.05. The number of rotatable bonds is 8. The van der Waals surface area contributed by atoms with E-state index in [1.54, 1.807) is 0 Å². The number of benzene rings is 3. The van der Waals surface area contributed by atoms with Gasteiger partial charge in [-0.1, -0.05) is 99.6 Å². The number of carbonyl (C=O) groups is 1. The van der Waals surface area contributed by atoms with Crippen LogP contribution in [0.3, 0.4) is 0 Å². The van der Waals surface area contributed by atoms with Gasteiger partial charge in [0.1, 0.15) is 5.82 Å². The van der Waals surface area contributed by atoms with E-state index in [9.17, 15) is 4.79 Å². The van der Waals surface area contributed by atoms with Gasteiger partial charge < -0.3 is 14.8 Å². The summed E-state index contributed by atoms with van der Waals surface area (Å²) in [6, 6.07) is 30.2. The van der Waals surface area contributed by atoms with Crippen LogP contribution in [0.25, 0.3) is 11.3 Å². The van der Waals surface area contributed by atoms with E-state index in [4.69, 9.17) is 4.98 Å². The summed E-state index contributed by atoms with van der Waals surface area (Å²) in [6.07, 6.45) is 2.15. The van der Waals surface area contributed by atoms with Crippen LogP contribution in [0, 0.1) is 11.3 Å². The first-order valence-electron chi connectivity index (χ1n) is 13.1. The van der Waals surface area contributed by atoms with Gasteiger partial charge in [-0.3, -0.25) is 4.79 Å². The highest BCUT2D eigenvalue weighted by Crippen LogP contribution is 2.40. The molecule has 190 valence electrons. The van der Waals surface area contributed by atoms with Crippen molar-refractivity contribution in [1.82, 2.24) is 19.8 Å². The highest BCUT2D eigenvalue weighted by molar-refractivity contribution is 5.94. The van der Waals surface area contributed by atoms with Crippen LogP contribution >= 0.6 is 0 Å². The smallest absolute Gasteiger partial charge is 0.254 e. The summed E-state index contributed by atoms with van der Waals surface area (Å²) in [4.78, 5) is 21.4. The van der Waals surface area contributed by atoms with Crippen molar-refractivity contribution in [2.75, 3.05) is 19.6 Å². The van der Waals surface area contributed by atoms with Crippen LogP contribution in [0.15, 0.2) is 97.2 Å². The first-order chi connectivity index (χ1) is 17.9. The number of carbonyl (C=O) groups excluding carboxylic acids is 1. The maximum atomic E-state index is 14.1. The number of imidazole rings is 1. The number of nitrogens with zero attached hydrogens (tertiary/aromatic N) is 3. The molecule has 1 fully saturated rings. The lowest BCUT2D eigenvalue weighted by molar-refractivity contribution is 0.0393. The van der Waals surface area contributed by atoms with E-state index < -0.39 is 0 Å². The average molecular weight is 493 g/mol. The van der Waals surface area contributed by atoms with Gasteiger partial charge in [-0.25, -0.2) is 4.98 Å². The molecular formula is C32H36N4O. The van der Waals surface area contributed by atoms with Crippen molar-refractivity contribution < 1.29 is 4.79 Å². The second-order valence-electron chi connectivity index (χ2n) is 11.1. The molecule has 5 rings (SSSR count). The molecule has 1 unspecified atom stereocenters. The van der Waals surface area contributed by atoms with E-state index in [0.29, 0.717) is 24.6 Å². The molecule has 0 aliphatic carbocycles. The number of hydrogen-bond donors (Lipinski definition) is 1. The van der Waals surface area contributed by atoms with E-state index in [0.717, 1.165) is 30.2 Å². The molecule has 3 aromatic carbocycles. The predicted molar refractivity (Wildman–Crippen MR) is 149 cm³/mol. The second kappa shape index (κ2) is 10.7. The summed E-state index contributed by atoms with van der Waals surface area (Å²) in [5.74, 6) is 1.42. The minimum absolute atomic E-state index is 0.0583. The van der Waals surface area contributed by atoms with Gasteiger partial charge in [0.05, 0.1) is 11.7 Å². The lowest BCUT2D eigenvalue weighted by atomic mass is 9.83. The average Bonchev–Trinajstić information content (AvgIpc) is 3.28. The molecule has 0 radical (unpaired) electrons. The third kappa shape index (κ3) is 5.67. The van der Waals surface area contributed by atoms with E-state index in [-0.39, 0.29) is 17.4 Å². The topological polar surface area (TPSA) is 50.2 Å². The van der Waals surface area contributed by atoms with Gasteiger partial charge >= 0.3 is 0 Å². The summed E-state index contributed by atoms with van der Waals surface area (Å²) < 4.78 is 2.25. The van der Waals surface area contributed by atoms with Gasteiger partial charge in [-0.15, -0.1) is 0 Å². The molecule has 1 amide bonds. The van der Waals surface area contributed by atoms with Gasteiger partial charge in [0.15, 0.2) is 0 Å². The van der Waals surface area contributed by atoms with Crippen molar-refractivity contribution in [2.45, 2.75) is 33.4 Å². The largest absolute Gasteiger partial charge is 0.328 e. The Morgan fingerprint density at radius 3 is 2.11 bits per heavy atom. The van der Waals surface area contributed by atoms with Crippen molar-refractivity contribution in [3.8, 4) is 11.3 Å². The molecule has 5 nitrogen and oxygen atoms in total. The standard InChI is InChI=1S/C32H36N4O/c1-32(2,3)29(36(22-25-19-33-20-25)31(37)27-17-11-6-12-18-27)30-34-28(26-15-9-5-10-16-26)23-35(30)21-24-13-7-4-8-14-24/h4-18,23,25,29,33H,19-22H2,1-3H3. The van der Waals surface area contributed by atoms with Crippen molar-refractivity contribution in [3.05, 3.63) is 114 Å². The first kappa shape index (κ1) is 25.0. The summed E-state index contributed by atoms with van der Waals surface area (Å²) in [5.41, 5.74) is 3.69. The Bertz CT molecular complexity index is 1310. The number of amides is 1. The number of nitrogens with one attached hydrogen (secondary N) is 1. The van der Waals surface area contributed by atoms with Crippen LogP contribution < -0.4 is 5.32 Å². The van der Waals surface area contributed by atoms with Gasteiger partial charge in [0.25, 0.3) is 5.91 Å². The molecule has 0 spiro atoms. The molecule has 1 aromatic heterocycles. The molecule has 5 heteroatoms. The quantitative estimate of drug-likeness (QED) is 0.326. The van der Waals surface area contributed by atoms with Crippen LogP contribution in [0.2, 0.25) is 0 Å². The highest BCUT2D eigenvalue weighted by atomic mass is 16.2. The molecule has 2 heterocycles. The van der Waals surface area contributed by atoms with E-state index in [2.05, 4.69) is 78.2 Å². The fourth-order valence-corrected chi connectivity index (χ4v) is 5.11. The summed E-state index contributed by atoms with van der Waals surface area (Å²) in [5, 5.41) is 3.37. The highest BCUT2D eigenvalue weighted by Gasteiger charge is 2.40. The minimum Gasteiger partial charge on any atom is -0.328 e. The predicted octanol–water partition coefficient (Wildman–Crippen LogP) is 6.05.